The van der Waals surface area contributed by atoms with E-state index in [1.807, 2.05) is 54.6 Å². The van der Waals surface area contributed by atoms with E-state index in [0.717, 1.165) is 16.7 Å². The number of carbonyl (C=O) groups is 1. The maximum absolute atomic E-state index is 13.4. The van der Waals surface area contributed by atoms with Crippen molar-refractivity contribution in [2.45, 2.75) is 6.54 Å². The van der Waals surface area contributed by atoms with E-state index in [-0.39, 0.29) is 23.1 Å². The first kappa shape index (κ1) is 20.4. The van der Waals surface area contributed by atoms with Crippen molar-refractivity contribution in [3.05, 3.63) is 94.7 Å². The Morgan fingerprint density at radius 2 is 1.76 bits per heavy atom. The summed E-state index contributed by atoms with van der Waals surface area (Å²) in [4.78, 5) is 30.7. The zero-order valence-corrected chi connectivity index (χ0v) is 18.1. The van der Waals surface area contributed by atoms with Crippen LogP contribution in [-0.2, 0) is 11.3 Å². The van der Waals surface area contributed by atoms with Gasteiger partial charge in [0.1, 0.15) is 11.3 Å². The van der Waals surface area contributed by atoms with Gasteiger partial charge in [0, 0.05) is 23.5 Å². The molecule has 0 atom stereocenters. The summed E-state index contributed by atoms with van der Waals surface area (Å²) < 4.78 is 13.4. The summed E-state index contributed by atoms with van der Waals surface area (Å²) in [6.07, 6.45) is 4.68. The molecule has 0 fully saturated rings. The number of aromatic nitrogens is 4. The van der Waals surface area contributed by atoms with Gasteiger partial charge in [-0.3, -0.25) is 4.79 Å². The number of carbonyl (C=O) groups excluding carboxylic acids is 1. The predicted molar refractivity (Wildman–Crippen MR) is 124 cm³/mol. The Morgan fingerprint density at radius 1 is 1.00 bits per heavy atom. The number of para-hydroxylation sites is 1. The van der Waals surface area contributed by atoms with E-state index in [9.17, 15) is 9.59 Å². The van der Waals surface area contributed by atoms with Crippen molar-refractivity contribution < 1.29 is 14.3 Å². The van der Waals surface area contributed by atoms with Gasteiger partial charge in [-0.25, -0.2) is 14.3 Å². The number of hydrogen-bond acceptors (Lipinski definition) is 6. The van der Waals surface area contributed by atoms with E-state index in [1.54, 1.807) is 13.3 Å². The van der Waals surface area contributed by atoms with Crippen molar-refractivity contribution in [3.63, 3.8) is 0 Å². The first-order valence-electron chi connectivity index (χ1n) is 10.3. The predicted octanol–water partition coefficient (Wildman–Crippen LogP) is 3.55. The molecule has 5 aromatic rings. The zero-order valence-electron chi connectivity index (χ0n) is 18.1. The Morgan fingerprint density at radius 3 is 2.52 bits per heavy atom. The molecule has 0 aliphatic carbocycles. The van der Waals surface area contributed by atoms with Crippen molar-refractivity contribution in [1.29, 1.82) is 0 Å². The molecule has 0 aliphatic heterocycles. The summed E-state index contributed by atoms with van der Waals surface area (Å²) in [5, 5.41) is 4.73. The molecule has 8 heteroatoms. The van der Waals surface area contributed by atoms with Gasteiger partial charge in [0.2, 0.25) is 0 Å². The fraction of sp³-hybridized carbons (Fsp3) is 0.120. The molecule has 0 spiro atoms. The number of esters is 1. The second-order valence-electron chi connectivity index (χ2n) is 7.46. The van der Waals surface area contributed by atoms with E-state index in [4.69, 9.17) is 9.47 Å². The van der Waals surface area contributed by atoms with Crippen molar-refractivity contribution in [3.8, 4) is 16.9 Å². The third-order valence-electron chi connectivity index (χ3n) is 5.58. The molecule has 3 heterocycles. The lowest BCUT2D eigenvalue weighted by Gasteiger charge is -2.14. The van der Waals surface area contributed by atoms with Crippen molar-refractivity contribution in [1.82, 2.24) is 19.2 Å². The van der Waals surface area contributed by atoms with E-state index in [1.165, 1.54) is 28.6 Å². The molecule has 0 unspecified atom stereocenters. The van der Waals surface area contributed by atoms with Crippen LogP contribution in [0.3, 0.4) is 0 Å². The van der Waals surface area contributed by atoms with Crippen LogP contribution >= 0.6 is 0 Å². The maximum Gasteiger partial charge on any atom is 0.341 e. The summed E-state index contributed by atoms with van der Waals surface area (Å²) in [5.74, 6) is 0.0790. The second-order valence-corrected chi connectivity index (χ2v) is 7.46. The highest BCUT2D eigenvalue weighted by Crippen LogP contribution is 2.27. The molecule has 0 aliphatic rings. The molecular weight excluding hydrogens is 420 g/mol. The molecule has 164 valence electrons. The fourth-order valence-corrected chi connectivity index (χ4v) is 3.99. The molecule has 5 rings (SSSR count). The van der Waals surface area contributed by atoms with Crippen LogP contribution in [-0.4, -0.2) is 39.4 Å². The normalized spacial score (nSPS) is 11.1. The van der Waals surface area contributed by atoms with Crippen LogP contribution in [0.5, 0.6) is 5.75 Å². The average molecular weight is 440 g/mol. The quantitative estimate of drug-likeness (QED) is 0.389. The lowest BCUT2D eigenvalue weighted by Crippen LogP contribution is -2.24. The van der Waals surface area contributed by atoms with Gasteiger partial charge in [-0.1, -0.05) is 48.5 Å². The fourth-order valence-electron chi connectivity index (χ4n) is 3.99. The van der Waals surface area contributed by atoms with Crippen LogP contribution < -0.4 is 10.3 Å². The minimum atomic E-state index is -0.571. The zero-order chi connectivity index (χ0) is 22.9. The van der Waals surface area contributed by atoms with Gasteiger partial charge >= 0.3 is 5.97 Å². The highest BCUT2D eigenvalue weighted by atomic mass is 16.5. The third-order valence-corrected chi connectivity index (χ3v) is 5.58. The number of nitrogens with zero attached hydrogens (tertiary/aromatic N) is 4. The number of pyridine rings is 1. The smallest absolute Gasteiger partial charge is 0.341 e. The molecule has 0 radical (unpaired) electrons. The Hall–Kier alpha value is -4.46. The van der Waals surface area contributed by atoms with Crippen LogP contribution in [0.2, 0.25) is 0 Å². The summed E-state index contributed by atoms with van der Waals surface area (Å²) in [6, 6.07) is 17.1. The number of hydrogen-bond donors (Lipinski definition) is 0. The van der Waals surface area contributed by atoms with Gasteiger partial charge in [0.05, 0.1) is 37.9 Å². The molecule has 2 aromatic carbocycles. The molecule has 0 bridgehead atoms. The van der Waals surface area contributed by atoms with Gasteiger partial charge in [-0.15, -0.1) is 0 Å². The summed E-state index contributed by atoms with van der Waals surface area (Å²) >= 11 is 0. The molecule has 0 saturated heterocycles. The monoisotopic (exact) mass is 440 g/mol. The summed E-state index contributed by atoms with van der Waals surface area (Å²) in [7, 11) is 2.88. The first-order chi connectivity index (χ1) is 16.1. The molecule has 33 heavy (non-hydrogen) atoms. The summed E-state index contributed by atoms with van der Waals surface area (Å²) in [5.41, 5.74) is 3.36. The Bertz CT molecular complexity index is 1550. The largest absolute Gasteiger partial charge is 0.496 e. The number of methoxy groups -OCH3 is 2. The van der Waals surface area contributed by atoms with Crippen LogP contribution in [0.25, 0.3) is 27.7 Å². The van der Waals surface area contributed by atoms with Gasteiger partial charge in [0.25, 0.3) is 5.56 Å². The Labute approximate surface area is 188 Å². The molecule has 8 nitrogen and oxygen atoms in total. The highest BCUT2D eigenvalue weighted by molar-refractivity contribution is 6.03. The minimum absolute atomic E-state index is 0.217. The van der Waals surface area contributed by atoms with Gasteiger partial charge in [-0.2, -0.15) is 5.10 Å². The number of benzene rings is 2. The number of ether oxygens (including phenoxy) is 2. The van der Waals surface area contributed by atoms with Crippen LogP contribution in [0, 0.1) is 0 Å². The van der Waals surface area contributed by atoms with Crippen LogP contribution in [0.1, 0.15) is 15.9 Å². The summed E-state index contributed by atoms with van der Waals surface area (Å²) in [6.45, 7) is 0.217. The molecule has 0 N–H and O–H groups in total. The van der Waals surface area contributed by atoms with Gasteiger partial charge < -0.3 is 14.0 Å². The maximum atomic E-state index is 13.4. The minimum Gasteiger partial charge on any atom is -0.496 e. The van der Waals surface area contributed by atoms with Crippen LogP contribution in [0.4, 0.5) is 0 Å². The molecule has 0 saturated carbocycles. The first-order valence-corrected chi connectivity index (χ1v) is 10.3. The van der Waals surface area contributed by atoms with E-state index in [0.29, 0.717) is 16.9 Å². The number of fused-ring (bicyclic) bond motifs is 3. The Kier molecular flexibility index (Phi) is 5.10. The standard InChI is InChI=1S/C25H20N4O4/c1-32-21-11-7-6-10-17(21)14-28-15-20(25(31)33-2)22-19(24(28)30)12-26-23-18(13-27-29(22)23)16-8-4-3-5-9-16/h3-13,15H,14H2,1-2H3. The van der Waals surface area contributed by atoms with E-state index < -0.39 is 5.97 Å². The lowest BCUT2D eigenvalue weighted by molar-refractivity contribution is 0.0601. The topological polar surface area (TPSA) is 87.7 Å². The van der Waals surface area contributed by atoms with Gasteiger partial charge in [0.15, 0.2) is 5.65 Å². The average Bonchev–Trinajstić information content (AvgIpc) is 3.30. The van der Waals surface area contributed by atoms with Crippen molar-refractivity contribution in [2.24, 2.45) is 0 Å². The second kappa shape index (κ2) is 8.23. The highest BCUT2D eigenvalue weighted by Gasteiger charge is 2.21. The number of rotatable bonds is 5. The van der Waals surface area contributed by atoms with E-state index in [2.05, 4.69) is 10.1 Å². The van der Waals surface area contributed by atoms with Gasteiger partial charge in [-0.05, 0) is 11.6 Å². The van der Waals surface area contributed by atoms with Crippen LogP contribution in [0.15, 0.2) is 78.0 Å². The molecular formula is C25H20N4O4. The van der Waals surface area contributed by atoms with E-state index >= 15 is 0 Å². The SMILES string of the molecule is COC(=O)c1cn(Cc2ccccc2OC)c(=O)c2cnc3c(-c4ccccc4)cnn3c12. The Balaban J connectivity index is 1.76. The van der Waals surface area contributed by atoms with Crippen molar-refractivity contribution in [2.75, 3.05) is 14.2 Å². The third kappa shape index (κ3) is 3.41. The molecule has 3 aromatic heterocycles. The van der Waals surface area contributed by atoms with Crippen molar-refractivity contribution >= 4 is 22.5 Å². The lowest BCUT2D eigenvalue weighted by atomic mass is 10.1. The molecule has 0 amide bonds.